The highest BCUT2D eigenvalue weighted by Gasteiger charge is 2.21. The third-order valence-corrected chi connectivity index (χ3v) is 2.59. The smallest absolute Gasteiger partial charge is 0.254 e. The molecule has 5 nitrogen and oxygen atoms in total. The molecule has 0 bridgehead atoms. The molecule has 0 saturated heterocycles. The maximum absolute atomic E-state index is 12.1. The van der Waals surface area contributed by atoms with Crippen LogP contribution in [0.15, 0.2) is 30.6 Å². The van der Waals surface area contributed by atoms with Gasteiger partial charge in [0.1, 0.15) is 5.52 Å². The summed E-state index contributed by atoms with van der Waals surface area (Å²) in [6, 6.07) is 5.26. The first kappa shape index (κ1) is 12.4. The van der Waals surface area contributed by atoms with E-state index in [9.17, 15) is 4.79 Å². The molecule has 94 valence electrons. The van der Waals surface area contributed by atoms with Gasteiger partial charge in [-0.2, -0.15) is 0 Å². The number of para-hydroxylation sites is 1. The van der Waals surface area contributed by atoms with Gasteiger partial charge in [-0.05, 0) is 26.0 Å². The van der Waals surface area contributed by atoms with Crippen molar-refractivity contribution in [3.63, 3.8) is 0 Å². The fourth-order valence-electron chi connectivity index (χ4n) is 1.59. The van der Waals surface area contributed by atoms with Crippen LogP contribution in [0.1, 0.15) is 24.2 Å². The van der Waals surface area contributed by atoms with Crippen molar-refractivity contribution in [3.8, 4) is 0 Å². The van der Waals surface area contributed by atoms with Crippen molar-refractivity contribution in [3.05, 3.63) is 36.2 Å². The zero-order valence-electron chi connectivity index (χ0n) is 10.3. The monoisotopic (exact) mass is 245 g/mol. The number of rotatable bonds is 3. The van der Waals surface area contributed by atoms with Crippen molar-refractivity contribution >= 4 is 16.9 Å². The van der Waals surface area contributed by atoms with Gasteiger partial charge in [-0.15, -0.1) is 0 Å². The number of aromatic nitrogens is 2. The molecule has 0 saturated carbocycles. The summed E-state index contributed by atoms with van der Waals surface area (Å²) in [5.74, 6) is -0.264. The molecular weight excluding hydrogens is 230 g/mol. The van der Waals surface area contributed by atoms with E-state index in [4.69, 9.17) is 5.11 Å². The first-order valence-electron chi connectivity index (χ1n) is 5.66. The van der Waals surface area contributed by atoms with Crippen molar-refractivity contribution in [2.75, 3.05) is 6.61 Å². The molecule has 2 N–H and O–H groups in total. The maximum atomic E-state index is 12.1. The predicted molar refractivity (Wildman–Crippen MR) is 68.2 cm³/mol. The summed E-state index contributed by atoms with van der Waals surface area (Å²) in [4.78, 5) is 20.5. The quantitative estimate of drug-likeness (QED) is 0.850. The highest BCUT2D eigenvalue weighted by Crippen LogP contribution is 2.14. The van der Waals surface area contributed by atoms with Crippen LogP contribution in [0, 0.1) is 0 Å². The Balaban J connectivity index is 2.39. The number of carbonyl (C=O) groups excluding carboxylic acids is 1. The number of aliphatic hydroxyl groups excluding tert-OH is 1. The minimum atomic E-state index is -0.665. The summed E-state index contributed by atoms with van der Waals surface area (Å²) >= 11 is 0. The van der Waals surface area contributed by atoms with Gasteiger partial charge < -0.3 is 10.4 Å². The zero-order valence-corrected chi connectivity index (χ0v) is 10.3. The second-order valence-electron chi connectivity index (χ2n) is 4.73. The van der Waals surface area contributed by atoms with E-state index < -0.39 is 5.54 Å². The van der Waals surface area contributed by atoms with E-state index in [1.54, 1.807) is 44.4 Å². The third-order valence-electron chi connectivity index (χ3n) is 2.59. The van der Waals surface area contributed by atoms with Crippen LogP contribution in [-0.4, -0.2) is 33.1 Å². The lowest BCUT2D eigenvalue weighted by Crippen LogP contribution is -2.46. The van der Waals surface area contributed by atoms with Crippen LogP contribution in [0.3, 0.4) is 0 Å². The summed E-state index contributed by atoms with van der Waals surface area (Å²) in [5, 5.41) is 11.9. The van der Waals surface area contributed by atoms with Crippen LogP contribution in [0.4, 0.5) is 0 Å². The van der Waals surface area contributed by atoms with Gasteiger partial charge in [0.05, 0.1) is 23.2 Å². The summed E-state index contributed by atoms with van der Waals surface area (Å²) in [5.41, 5.74) is 1.03. The van der Waals surface area contributed by atoms with Gasteiger partial charge in [0.25, 0.3) is 5.91 Å². The molecule has 1 heterocycles. The van der Waals surface area contributed by atoms with Gasteiger partial charge >= 0.3 is 0 Å². The minimum absolute atomic E-state index is 0.130. The Hall–Kier alpha value is -2.01. The Morgan fingerprint density at radius 1 is 1.33 bits per heavy atom. The molecule has 2 rings (SSSR count). The second-order valence-corrected chi connectivity index (χ2v) is 4.73. The number of hydrogen-bond acceptors (Lipinski definition) is 4. The second kappa shape index (κ2) is 4.70. The number of amides is 1. The van der Waals surface area contributed by atoms with Crippen LogP contribution in [0.2, 0.25) is 0 Å². The van der Waals surface area contributed by atoms with E-state index in [1.165, 1.54) is 0 Å². The summed E-state index contributed by atoms with van der Waals surface area (Å²) in [6.45, 7) is 3.37. The molecule has 1 aromatic heterocycles. The van der Waals surface area contributed by atoms with E-state index in [1.807, 2.05) is 0 Å². The summed E-state index contributed by atoms with van der Waals surface area (Å²) in [7, 11) is 0. The van der Waals surface area contributed by atoms with Crippen molar-refractivity contribution in [1.29, 1.82) is 0 Å². The largest absolute Gasteiger partial charge is 0.394 e. The molecule has 18 heavy (non-hydrogen) atoms. The van der Waals surface area contributed by atoms with E-state index in [0.717, 1.165) is 0 Å². The maximum Gasteiger partial charge on any atom is 0.254 e. The van der Waals surface area contributed by atoms with Crippen LogP contribution < -0.4 is 5.32 Å². The van der Waals surface area contributed by atoms with Crippen molar-refractivity contribution in [1.82, 2.24) is 15.3 Å². The van der Waals surface area contributed by atoms with E-state index in [-0.39, 0.29) is 12.5 Å². The average Bonchev–Trinajstić information content (AvgIpc) is 2.37. The average molecular weight is 245 g/mol. The zero-order chi connectivity index (χ0) is 13.2. The number of nitrogens with zero attached hydrogens (tertiary/aromatic N) is 2. The van der Waals surface area contributed by atoms with Gasteiger partial charge in [0.2, 0.25) is 0 Å². The van der Waals surface area contributed by atoms with Crippen LogP contribution in [0.25, 0.3) is 11.0 Å². The topological polar surface area (TPSA) is 75.1 Å². The SMILES string of the molecule is CC(C)(CO)NC(=O)c1cccc2nccnc12. The number of benzene rings is 1. The first-order valence-corrected chi connectivity index (χ1v) is 5.66. The lowest BCUT2D eigenvalue weighted by Gasteiger charge is -2.23. The molecule has 5 heteroatoms. The lowest BCUT2D eigenvalue weighted by atomic mass is 10.1. The van der Waals surface area contributed by atoms with Gasteiger partial charge in [-0.1, -0.05) is 6.07 Å². The molecule has 0 unspecified atom stereocenters. The standard InChI is InChI=1S/C13H15N3O2/c1-13(2,8-17)16-12(18)9-4-3-5-10-11(9)15-7-6-14-10/h3-7,17H,8H2,1-2H3,(H,16,18). The first-order chi connectivity index (χ1) is 8.53. The summed E-state index contributed by atoms with van der Waals surface area (Å²) < 4.78 is 0. The molecule has 0 fully saturated rings. The van der Waals surface area contributed by atoms with E-state index in [2.05, 4.69) is 15.3 Å². The normalized spacial score (nSPS) is 11.5. The number of hydrogen-bond donors (Lipinski definition) is 2. The number of aliphatic hydroxyl groups is 1. The number of fused-ring (bicyclic) bond motifs is 1. The fourth-order valence-corrected chi connectivity index (χ4v) is 1.59. The minimum Gasteiger partial charge on any atom is -0.394 e. The lowest BCUT2D eigenvalue weighted by molar-refractivity contribution is 0.0871. The molecule has 1 aromatic carbocycles. The number of nitrogens with one attached hydrogen (secondary N) is 1. The Bertz CT molecular complexity index is 576. The van der Waals surface area contributed by atoms with E-state index in [0.29, 0.717) is 16.6 Å². The highest BCUT2D eigenvalue weighted by atomic mass is 16.3. The molecule has 0 aliphatic heterocycles. The predicted octanol–water partition coefficient (Wildman–Crippen LogP) is 1.13. The van der Waals surface area contributed by atoms with E-state index >= 15 is 0 Å². The Kier molecular flexibility index (Phi) is 3.25. The molecular formula is C13H15N3O2. The molecule has 1 amide bonds. The van der Waals surface area contributed by atoms with Gasteiger partial charge in [-0.25, -0.2) is 0 Å². The highest BCUT2D eigenvalue weighted by molar-refractivity contribution is 6.04. The Morgan fingerprint density at radius 3 is 2.78 bits per heavy atom. The molecule has 0 spiro atoms. The van der Waals surface area contributed by atoms with Gasteiger partial charge in [-0.3, -0.25) is 14.8 Å². The van der Waals surface area contributed by atoms with Crippen molar-refractivity contribution < 1.29 is 9.90 Å². The van der Waals surface area contributed by atoms with Gasteiger partial charge in [0, 0.05) is 12.4 Å². The molecule has 0 radical (unpaired) electrons. The fraction of sp³-hybridized carbons (Fsp3) is 0.308. The molecule has 0 atom stereocenters. The van der Waals surface area contributed by atoms with Crippen LogP contribution in [0.5, 0.6) is 0 Å². The summed E-state index contributed by atoms with van der Waals surface area (Å²) in [6.07, 6.45) is 3.14. The van der Waals surface area contributed by atoms with Crippen molar-refractivity contribution in [2.24, 2.45) is 0 Å². The molecule has 0 aliphatic rings. The molecule has 2 aromatic rings. The van der Waals surface area contributed by atoms with Gasteiger partial charge in [0.15, 0.2) is 0 Å². The number of carbonyl (C=O) groups is 1. The van der Waals surface area contributed by atoms with Crippen LogP contribution in [-0.2, 0) is 0 Å². The van der Waals surface area contributed by atoms with Crippen molar-refractivity contribution in [2.45, 2.75) is 19.4 Å². The molecule has 0 aliphatic carbocycles. The Morgan fingerprint density at radius 2 is 2.06 bits per heavy atom. The third kappa shape index (κ3) is 2.46. The van der Waals surface area contributed by atoms with Crippen LogP contribution >= 0.6 is 0 Å². The Labute approximate surface area is 105 Å².